The van der Waals surface area contributed by atoms with Gasteiger partial charge < -0.3 is 20.1 Å². The molecule has 3 aromatic rings. The third-order valence-electron chi connectivity index (χ3n) is 4.22. The van der Waals surface area contributed by atoms with Crippen LogP contribution in [-0.4, -0.2) is 38.3 Å². The Morgan fingerprint density at radius 1 is 1.33 bits per heavy atom. The molecule has 3 aromatic heterocycles. The van der Waals surface area contributed by atoms with Gasteiger partial charge in [-0.05, 0) is 29.8 Å². The summed E-state index contributed by atoms with van der Waals surface area (Å²) in [5.41, 5.74) is 10.1. The molecule has 3 rings (SSSR count). The largest absolute Gasteiger partial charge is 0.496 e. The van der Waals surface area contributed by atoms with Gasteiger partial charge in [-0.25, -0.2) is 4.98 Å². The van der Waals surface area contributed by atoms with Crippen molar-refractivity contribution in [3.05, 3.63) is 39.4 Å². The molecule has 3 heterocycles. The quantitative estimate of drug-likeness (QED) is 0.488. The van der Waals surface area contributed by atoms with Crippen LogP contribution < -0.4 is 10.5 Å². The van der Waals surface area contributed by atoms with Crippen LogP contribution in [0.1, 0.15) is 28.8 Å². The number of aryl methyl sites for hydroxylation is 1. The number of aliphatic hydroxyl groups excluding tert-OH is 1. The Bertz CT molecular complexity index is 1070. The fraction of sp³-hybridized carbons (Fsp3) is 0.316. The van der Waals surface area contributed by atoms with E-state index in [0.717, 1.165) is 33.5 Å². The van der Waals surface area contributed by atoms with Crippen molar-refractivity contribution < 1.29 is 9.84 Å². The summed E-state index contributed by atoms with van der Waals surface area (Å²) in [7, 11) is 1.66. The zero-order valence-corrected chi connectivity index (χ0v) is 17.0. The number of hydrogen-bond acceptors (Lipinski definition) is 6. The van der Waals surface area contributed by atoms with E-state index in [2.05, 4.69) is 42.7 Å². The highest BCUT2D eigenvalue weighted by Crippen LogP contribution is 2.29. The Hall–Kier alpha value is -2.63. The first kappa shape index (κ1) is 19.1. The first-order chi connectivity index (χ1) is 13.0. The van der Waals surface area contributed by atoms with Crippen LogP contribution in [0.4, 0.5) is 5.95 Å². The van der Waals surface area contributed by atoms with Crippen molar-refractivity contribution >= 4 is 32.9 Å². The second-order valence-electron chi connectivity index (χ2n) is 6.06. The van der Waals surface area contributed by atoms with Crippen LogP contribution >= 0.6 is 15.9 Å². The number of nitrogens with zero attached hydrogens (tertiary/aromatic N) is 4. The predicted octanol–water partition coefficient (Wildman–Crippen LogP) is 2.58. The molecule has 0 bridgehead atoms. The third kappa shape index (κ3) is 3.75. The lowest BCUT2D eigenvalue weighted by atomic mass is 10.1. The monoisotopic (exact) mass is 429 g/mol. The molecule has 0 saturated carbocycles. The van der Waals surface area contributed by atoms with E-state index >= 15 is 0 Å². The zero-order chi connectivity index (χ0) is 19.6. The fourth-order valence-corrected chi connectivity index (χ4v) is 3.55. The smallest absolute Gasteiger partial charge is 0.223 e. The maximum absolute atomic E-state index is 8.97. The predicted molar refractivity (Wildman–Crippen MR) is 108 cm³/mol. The number of pyridine rings is 1. The molecule has 27 heavy (non-hydrogen) atoms. The number of ether oxygens (including phenoxy) is 1. The van der Waals surface area contributed by atoms with Gasteiger partial charge in [0.25, 0.3) is 0 Å². The molecule has 0 spiro atoms. The standard InChI is InChI=1S/C19H20BrN5O2/c1-11-8-22-14(12(2)16(11)27-3)10-25-9-13(6-4-5-7-26)15-17(20)23-19(21)24-18(15)25/h8-9,26H,5,7,10H2,1-3H3,(H2,21,23,24). The van der Waals surface area contributed by atoms with Gasteiger partial charge in [0.2, 0.25) is 5.95 Å². The summed E-state index contributed by atoms with van der Waals surface area (Å²) in [6.07, 6.45) is 4.10. The van der Waals surface area contributed by atoms with E-state index < -0.39 is 0 Å². The summed E-state index contributed by atoms with van der Waals surface area (Å²) in [6.45, 7) is 4.46. The minimum absolute atomic E-state index is 0.0164. The van der Waals surface area contributed by atoms with Crippen LogP contribution in [0, 0.1) is 25.7 Å². The summed E-state index contributed by atoms with van der Waals surface area (Å²) < 4.78 is 8.04. The molecule has 0 atom stereocenters. The molecule has 0 amide bonds. The molecule has 0 radical (unpaired) electrons. The Morgan fingerprint density at radius 3 is 2.81 bits per heavy atom. The molecule has 140 valence electrons. The van der Waals surface area contributed by atoms with Gasteiger partial charge in [-0.1, -0.05) is 11.8 Å². The number of halogens is 1. The maximum Gasteiger partial charge on any atom is 0.223 e. The molecule has 0 aliphatic carbocycles. The number of nitrogen functional groups attached to an aromatic ring is 1. The summed E-state index contributed by atoms with van der Waals surface area (Å²) in [6, 6.07) is 0. The minimum Gasteiger partial charge on any atom is -0.496 e. The Morgan fingerprint density at radius 2 is 2.11 bits per heavy atom. The molecular formula is C19H20BrN5O2. The molecule has 0 unspecified atom stereocenters. The van der Waals surface area contributed by atoms with Crippen molar-refractivity contribution in [1.29, 1.82) is 0 Å². The normalized spacial score (nSPS) is 10.7. The van der Waals surface area contributed by atoms with Crippen LogP contribution in [0.15, 0.2) is 17.0 Å². The fourth-order valence-electron chi connectivity index (χ4n) is 2.98. The number of aliphatic hydroxyl groups is 1. The number of anilines is 1. The van der Waals surface area contributed by atoms with Crippen molar-refractivity contribution in [3.8, 4) is 17.6 Å². The van der Waals surface area contributed by atoms with E-state index in [1.807, 2.05) is 24.6 Å². The van der Waals surface area contributed by atoms with Gasteiger partial charge in [0.15, 0.2) is 0 Å². The summed E-state index contributed by atoms with van der Waals surface area (Å²) in [5.74, 6) is 7.02. The van der Waals surface area contributed by atoms with Gasteiger partial charge in [-0.15, -0.1) is 0 Å². The van der Waals surface area contributed by atoms with E-state index in [-0.39, 0.29) is 12.6 Å². The zero-order valence-electron chi connectivity index (χ0n) is 15.4. The summed E-state index contributed by atoms with van der Waals surface area (Å²) >= 11 is 3.46. The van der Waals surface area contributed by atoms with Crippen LogP contribution in [0.2, 0.25) is 0 Å². The molecule has 7 nitrogen and oxygen atoms in total. The highest BCUT2D eigenvalue weighted by atomic mass is 79.9. The van der Waals surface area contributed by atoms with Gasteiger partial charge in [-0.2, -0.15) is 4.98 Å². The van der Waals surface area contributed by atoms with E-state index in [1.165, 1.54) is 0 Å². The first-order valence-electron chi connectivity index (χ1n) is 8.36. The number of aromatic nitrogens is 4. The Kier molecular flexibility index (Phi) is 5.63. The topological polar surface area (TPSA) is 99.1 Å². The molecule has 3 N–H and O–H groups in total. The first-order valence-corrected chi connectivity index (χ1v) is 9.16. The second kappa shape index (κ2) is 7.94. The molecule has 0 aliphatic rings. The van der Waals surface area contributed by atoms with Gasteiger partial charge in [0, 0.05) is 29.9 Å². The summed E-state index contributed by atoms with van der Waals surface area (Å²) in [4.78, 5) is 13.1. The van der Waals surface area contributed by atoms with Crippen molar-refractivity contribution in [3.63, 3.8) is 0 Å². The van der Waals surface area contributed by atoms with Gasteiger partial charge in [-0.3, -0.25) is 4.98 Å². The molecule has 0 fully saturated rings. The Labute approximate surface area is 165 Å². The average Bonchev–Trinajstić information content (AvgIpc) is 2.96. The van der Waals surface area contributed by atoms with Crippen molar-refractivity contribution in [2.75, 3.05) is 19.5 Å². The van der Waals surface area contributed by atoms with E-state index in [9.17, 15) is 0 Å². The average molecular weight is 430 g/mol. The highest BCUT2D eigenvalue weighted by molar-refractivity contribution is 9.10. The number of nitrogens with two attached hydrogens (primary N) is 1. The van der Waals surface area contributed by atoms with E-state index in [0.29, 0.717) is 23.2 Å². The lowest BCUT2D eigenvalue weighted by Gasteiger charge is -2.13. The second-order valence-corrected chi connectivity index (χ2v) is 6.81. The molecule has 0 aromatic carbocycles. The molecule has 0 saturated heterocycles. The number of rotatable bonds is 4. The van der Waals surface area contributed by atoms with Gasteiger partial charge in [0.1, 0.15) is 16.0 Å². The van der Waals surface area contributed by atoms with Crippen LogP contribution in [-0.2, 0) is 6.54 Å². The van der Waals surface area contributed by atoms with Crippen molar-refractivity contribution in [2.24, 2.45) is 0 Å². The molecule has 0 aliphatic heterocycles. The van der Waals surface area contributed by atoms with E-state index in [4.69, 9.17) is 15.6 Å². The van der Waals surface area contributed by atoms with Gasteiger partial charge in [0.05, 0.1) is 36.9 Å². The molecule has 8 heteroatoms. The SMILES string of the molecule is COc1c(C)cnc(Cn2cc(C#CCCO)c3c(Br)nc(N)nc32)c1C. The third-order valence-corrected chi connectivity index (χ3v) is 4.79. The van der Waals surface area contributed by atoms with Crippen molar-refractivity contribution in [1.82, 2.24) is 19.5 Å². The maximum atomic E-state index is 8.97. The van der Waals surface area contributed by atoms with Gasteiger partial charge >= 0.3 is 0 Å². The number of fused-ring (bicyclic) bond motifs is 1. The number of methoxy groups -OCH3 is 1. The van der Waals surface area contributed by atoms with Crippen molar-refractivity contribution in [2.45, 2.75) is 26.8 Å². The molecular weight excluding hydrogens is 410 g/mol. The lowest BCUT2D eigenvalue weighted by molar-refractivity contribution is 0.305. The van der Waals surface area contributed by atoms with Crippen LogP contribution in [0.25, 0.3) is 11.0 Å². The number of hydrogen-bond donors (Lipinski definition) is 2. The van der Waals surface area contributed by atoms with Crippen LogP contribution in [0.5, 0.6) is 5.75 Å². The Balaban J connectivity index is 2.14. The minimum atomic E-state index is 0.0164. The lowest BCUT2D eigenvalue weighted by Crippen LogP contribution is -2.07. The summed E-state index contributed by atoms with van der Waals surface area (Å²) in [5, 5.41) is 9.76. The highest BCUT2D eigenvalue weighted by Gasteiger charge is 2.17. The van der Waals surface area contributed by atoms with E-state index in [1.54, 1.807) is 13.3 Å². The van der Waals surface area contributed by atoms with Crippen LogP contribution in [0.3, 0.4) is 0 Å².